The highest BCUT2D eigenvalue weighted by atomic mass is 35.5. The summed E-state index contributed by atoms with van der Waals surface area (Å²) in [6, 6.07) is 47.6. The fourth-order valence-electron chi connectivity index (χ4n) is 7.65. The quantitative estimate of drug-likeness (QED) is 0.149. The lowest BCUT2D eigenvalue weighted by Gasteiger charge is -2.09. The average molecular weight is 802 g/mol. The van der Waals surface area contributed by atoms with Gasteiger partial charge in [0.1, 0.15) is 5.75 Å². The van der Waals surface area contributed by atoms with Crippen molar-refractivity contribution in [2.75, 3.05) is 6.61 Å². The van der Waals surface area contributed by atoms with Crippen LogP contribution in [0, 0.1) is 0 Å². The summed E-state index contributed by atoms with van der Waals surface area (Å²) in [7, 11) is 0. The van der Waals surface area contributed by atoms with E-state index in [-0.39, 0.29) is 17.3 Å². The maximum Gasteiger partial charge on any atom is 0.329 e. The molecule has 0 amide bonds. The highest BCUT2D eigenvalue weighted by Crippen LogP contribution is 2.39. The molecule has 8 aromatic rings. The third-order valence-corrected chi connectivity index (χ3v) is 10.5. The van der Waals surface area contributed by atoms with Crippen molar-refractivity contribution in [1.82, 2.24) is 34.9 Å². The number of benzene rings is 4. The van der Waals surface area contributed by atoms with Gasteiger partial charge < -0.3 is 19.4 Å². The first-order valence-corrected chi connectivity index (χ1v) is 20.1. The molecule has 4 aromatic carbocycles. The normalized spacial score (nSPS) is 11.8. The second kappa shape index (κ2) is 16.0. The van der Waals surface area contributed by atoms with E-state index in [4.69, 9.17) is 31.0 Å². The molecule has 60 heavy (non-hydrogen) atoms. The Morgan fingerprint density at radius 2 is 0.817 bits per heavy atom. The van der Waals surface area contributed by atoms with Gasteiger partial charge in [0.25, 0.3) is 0 Å². The second-order valence-electron chi connectivity index (χ2n) is 14.2. The molecule has 2 aliphatic rings. The fraction of sp³-hybridized carbons (Fsp3) is 0.0600. The summed E-state index contributed by atoms with van der Waals surface area (Å²) >= 11 is 6.19. The highest BCUT2D eigenvalue weighted by molar-refractivity contribution is 6.28. The lowest BCUT2D eigenvalue weighted by molar-refractivity contribution is 0.284. The molecule has 4 aromatic heterocycles. The molecular weight excluding hydrogens is 766 g/mol. The number of halogens is 1. The van der Waals surface area contributed by atoms with Crippen molar-refractivity contribution >= 4 is 58.0 Å². The van der Waals surface area contributed by atoms with E-state index in [2.05, 4.69) is 146 Å². The van der Waals surface area contributed by atoms with Crippen molar-refractivity contribution < 1.29 is 9.47 Å². The van der Waals surface area contributed by atoms with Gasteiger partial charge in [0.05, 0.1) is 29.4 Å². The summed E-state index contributed by atoms with van der Waals surface area (Å²) in [5.41, 5.74) is 15.0. The van der Waals surface area contributed by atoms with E-state index < -0.39 is 0 Å². The van der Waals surface area contributed by atoms with Crippen LogP contribution in [-0.4, -0.2) is 41.5 Å². The lowest BCUT2D eigenvalue weighted by Crippen LogP contribution is -2.03. The van der Waals surface area contributed by atoms with Crippen LogP contribution in [0.3, 0.4) is 0 Å². The van der Waals surface area contributed by atoms with E-state index >= 15 is 0 Å². The third-order valence-electron chi connectivity index (χ3n) is 10.3. The van der Waals surface area contributed by atoms with Crippen LogP contribution in [0.2, 0.25) is 5.28 Å². The molecule has 2 aliphatic heterocycles. The Labute approximate surface area is 350 Å². The first-order chi connectivity index (χ1) is 29.6. The van der Waals surface area contributed by atoms with Crippen LogP contribution in [0.4, 0.5) is 0 Å². The van der Waals surface area contributed by atoms with Gasteiger partial charge in [-0.1, -0.05) is 110 Å². The number of H-pyrrole nitrogens is 2. The number of aromatic nitrogens is 7. The Bertz CT molecular complexity index is 3070. The summed E-state index contributed by atoms with van der Waals surface area (Å²) in [6.45, 7) is 2.45. The van der Waals surface area contributed by atoms with E-state index in [1.54, 1.807) is 0 Å². The minimum absolute atomic E-state index is 0.0122. The zero-order chi connectivity index (χ0) is 40.4. The molecule has 0 spiro atoms. The number of fused-ring (bicyclic) bond motifs is 8. The minimum atomic E-state index is -0.0122. The van der Waals surface area contributed by atoms with Gasteiger partial charge in [0.2, 0.25) is 5.28 Å². The highest BCUT2D eigenvalue weighted by Gasteiger charge is 2.19. The molecule has 10 heteroatoms. The van der Waals surface area contributed by atoms with E-state index in [1.165, 1.54) is 0 Å². The molecule has 0 radical (unpaired) electrons. The Kier molecular flexibility index (Phi) is 9.77. The van der Waals surface area contributed by atoms with E-state index in [0.29, 0.717) is 12.4 Å². The predicted octanol–water partition coefficient (Wildman–Crippen LogP) is 12.7. The average Bonchev–Trinajstić information content (AvgIpc) is 4.13. The molecule has 290 valence electrons. The van der Waals surface area contributed by atoms with Gasteiger partial charge in [-0.25, -0.2) is 9.97 Å². The third kappa shape index (κ3) is 7.23. The minimum Gasteiger partial charge on any atom is -0.463 e. The number of hydrogen-bond acceptors (Lipinski definition) is 7. The Balaban J connectivity index is 1.23. The SMILES string of the molecule is CCCOc1nc(Cl)nc(Oc2ccc(-c3c4nc(c(-c5ccccc5)c5ccc([nH]5)c(-c5ccccc5)c5nc(c(-c6ccccc6)c6ccc3[nH]6)C=C5)C=C4)cc2)n1. The molecule has 0 atom stereocenters. The molecule has 6 heterocycles. The van der Waals surface area contributed by atoms with Crippen molar-refractivity contribution in [3.05, 3.63) is 168 Å². The van der Waals surface area contributed by atoms with Crippen LogP contribution in [0.5, 0.6) is 17.8 Å². The van der Waals surface area contributed by atoms with Gasteiger partial charge in [-0.2, -0.15) is 9.97 Å². The summed E-state index contributed by atoms with van der Waals surface area (Å²) in [4.78, 5) is 30.9. The second-order valence-corrected chi connectivity index (χ2v) is 14.6. The molecule has 0 unspecified atom stereocenters. The molecule has 0 fully saturated rings. The largest absolute Gasteiger partial charge is 0.463 e. The van der Waals surface area contributed by atoms with Crippen LogP contribution in [0.15, 0.2) is 140 Å². The molecule has 0 aliphatic carbocycles. The first kappa shape index (κ1) is 36.7. The number of nitrogens with zero attached hydrogens (tertiary/aromatic N) is 5. The molecule has 2 N–H and O–H groups in total. The number of aromatic amines is 2. The Morgan fingerprint density at radius 1 is 0.433 bits per heavy atom. The molecule has 8 bridgehead atoms. The van der Waals surface area contributed by atoms with Crippen LogP contribution in [0.1, 0.15) is 36.1 Å². The van der Waals surface area contributed by atoms with Gasteiger partial charge in [0, 0.05) is 44.3 Å². The standard InChI is InChI=1S/C50H36ClN7O2/c1-2-30-59-49-56-48(51)57-50(58-49)60-35-20-18-34(19-21-35)47-42-28-26-40(54-42)45(32-14-8-4-9-15-32)38-24-22-36(52-38)44(31-12-6-3-7-13-31)37-23-25-39(53-37)46(33-16-10-5-11-17-33)41-27-29-43(47)55-41/h3-29,52,55H,2,30H2,1H3. The summed E-state index contributed by atoms with van der Waals surface area (Å²) in [5, 5.41) is -0.0122. The topological polar surface area (TPSA) is 114 Å². The molecule has 0 saturated carbocycles. The number of rotatable bonds is 9. The number of nitrogens with one attached hydrogen (secondary N) is 2. The molecule has 0 saturated heterocycles. The molecule has 9 nitrogen and oxygen atoms in total. The van der Waals surface area contributed by atoms with Gasteiger partial charge in [-0.3, -0.25) is 0 Å². The van der Waals surface area contributed by atoms with Crippen LogP contribution < -0.4 is 9.47 Å². The monoisotopic (exact) mass is 801 g/mol. The van der Waals surface area contributed by atoms with Gasteiger partial charge in [0.15, 0.2) is 0 Å². The van der Waals surface area contributed by atoms with Crippen LogP contribution in [-0.2, 0) is 0 Å². The summed E-state index contributed by atoms with van der Waals surface area (Å²) in [6.07, 6.45) is 9.19. The van der Waals surface area contributed by atoms with E-state index in [1.807, 2.05) is 49.4 Å². The zero-order valence-electron chi connectivity index (χ0n) is 32.4. The van der Waals surface area contributed by atoms with Crippen LogP contribution in [0.25, 0.3) is 90.9 Å². The maximum absolute atomic E-state index is 6.19. The van der Waals surface area contributed by atoms with E-state index in [0.717, 1.165) is 95.8 Å². The fourth-order valence-corrected chi connectivity index (χ4v) is 7.79. The first-order valence-electron chi connectivity index (χ1n) is 19.7. The summed E-state index contributed by atoms with van der Waals surface area (Å²) < 4.78 is 11.6. The smallest absolute Gasteiger partial charge is 0.329 e. The zero-order valence-corrected chi connectivity index (χ0v) is 33.2. The van der Waals surface area contributed by atoms with Crippen molar-refractivity contribution in [2.45, 2.75) is 13.3 Å². The van der Waals surface area contributed by atoms with Crippen molar-refractivity contribution in [1.29, 1.82) is 0 Å². The summed E-state index contributed by atoms with van der Waals surface area (Å²) in [5.74, 6) is 0.520. The maximum atomic E-state index is 6.19. The molecule has 10 rings (SSSR count). The Hall–Kier alpha value is -7.62. The van der Waals surface area contributed by atoms with Crippen molar-refractivity contribution in [3.8, 4) is 62.3 Å². The van der Waals surface area contributed by atoms with Gasteiger partial charge >= 0.3 is 12.0 Å². The van der Waals surface area contributed by atoms with Crippen molar-refractivity contribution in [3.63, 3.8) is 0 Å². The lowest BCUT2D eigenvalue weighted by atomic mass is 10.0. The Morgan fingerprint density at radius 3 is 1.22 bits per heavy atom. The van der Waals surface area contributed by atoms with Crippen molar-refractivity contribution in [2.24, 2.45) is 0 Å². The van der Waals surface area contributed by atoms with E-state index in [9.17, 15) is 0 Å². The number of ether oxygens (including phenoxy) is 2. The number of hydrogen-bond donors (Lipinski definition) is 2. The van der Waals surface area contributed by atoms with Gasteiger partial charge in [-0.15, -0.1) is 4.98 Å². The predicted molar refractivity (Wildman–Crippen MR) is 241 cm³/mol. The molecular formula is C50H36ClN7O2. The van der Waals surface area contributed by atoms with Gasteiger partial charge in [-0.05, 0) is 101 Å². The van der Waals surface area contributed by atoms with Crippen LogP contribution >= 0.6 is 11.6 Å².